The zero-order valence-electron chi connectivity index (χ0n) is 11.8. The molecule has 0 aromatic heterocycles. The molecule has 0 aromatic carbocycles. The third-order valence-corrected chi connectivity index (χ3v) is 4.07. The van der Waals surface area contributed by atoms with E-state index < -0.39 is 5.54 Å². The summed E-state index contributed by atoms with van der Waals surface area (Å²) in [5, 5.41) is 11.5. The summed E-state index contributed by atoms with van der Waals surface area (Å²) < 4.78 is 0. The van der Waals surface area contributed by atoms with E-state index in [1.807, 2.05) is 6.07 Å². The van der Waals surface area contributed by atoms with Crippen molar-refractivity contribution >= 4 is 11.9 Å². The molecule has 1 spiro atoms. The fourth-order valence-corrected chi connectivity index (χ4v) is 3.87. The Labute approximate surface area is 113 Å². The Balaban J connectivity index is 2.23. The Kier molecular flexibility index (Phi) is 3.29. The van der Waals surface area contributed by atoms with Gasteiger partial charge in [0.25, 0.3) is 5.91 Å². The van der Waals surface area contributed by atoms with Crippen LogP contribution in [0, 0.1) is 22.7 Å². The van der Waals surface area contributed by atoms with Crippen molar-refractivity contribution in [1.82, 2.24) is 10.2 Å². The average molecular weight is 263 g/mol. The summed E-state index contributed by atoms with van der Waals surface area (Å²) in [6, 6.07) is 1.64. The van der Waals surface area contributed by atoms with Gasteiger partial charge in [0.2, 0.25) is 0 Å². The van der Waals surface area contributed by atoms with Crippen LogP contribution >= 0.6 is 0 Å². The molecule has 1 aliphatic carbocycles. The molecular weight excluding hydrogens is 242 g/mol. The maximum Gasteiger partial charge on any atom is 0.325 e. The Morgan fingerprint density at radius 3 is 2.68 bits per heavy atom. The minimum absolute atomic E-state index is 0.0475. The van der Waals surface area contributed by atoms with E-state index in [-0.39, 0.29) is 30.3 Å². The van der Waals surface area contributed by atoms with Crippen molar-refractivity contribution in [2.75, 3.05) is 6.54 Å². The van der Waals surface area contributed by atoms with Gasteiger partial charge in [0.15, 0.2) is 0 Å². The van der Waals surface area contributed by atoms with Gasteiger partial charge in [-0.2, -0.15) is 5.26 Å². The molecule has 2 rings (SSSR count). The van der Waals surface area contributed by atoms with Crippen LogP contribution in [0.5, 0.6) is 0 Å². The van der Waals surface area contributed by atoms with Gasteiger partial charge in [-0.1, -0.05) is 20.8 Å². The lowest BCUT2D eigenvalue weighted by Gasteiger charge is -2.43. The smallest absolute Gasteiger partial charge is 0.323 e. The molecule has 1 saturated carbocycles. The molecule has 5 nitrogen and oxygen atoms in total. The summed E-state index contributed by atoms with van der Waals surface area (Å²) in [4.78, 5) is 25.7. The molecule has 1 heterocycles. The van der Waals surface area contributed by atoms with Gasteiger partial charge in [-0.05, 0) is 30.6 Å². The van der Waals surface area contributed by atoms with E-state index in [4.69, 9.17) is 5.26 Å². The second-order valence-corrected chi connectivity index (χ2v) is 6.73. The lowest BCUT2D eigenvalue weighted by molar-refractivity contribution is -0.134. The number of amides is 3. The van der Waals surface area contributed by atoms with Gasteiger partial charge >= 0.3 is 6.03 Å². The number of hydrogen-bond donors (Lipinski definition) is 1. The molecular formula is C14H21N3O2. The van der Waals surface area contributed by atoms with Gasteiger partial charge in [-0.15, -0.1) is 0 Å². The quantitative estimate of drug-likeness (QED) is 0.775. The Bertz CT molecular complexity index is 452. The van der Waals surface area contributed by atoms with Crippen molar-refractivity contribution < 1.29 is 9.59 Å². The third-order valence-electron chi connectivity index (χ3n) is 4.07. The topological polar surface area (TPSA) is 73.2 Å². The number of nitrogens with zero attached hydrogens (tertiary/aromatic N) is 2. The largest absolute Gasteiger partial charge is 0.325 e. The van der Waals surface area contributed by atoms with Gasteiger partial charge in [0, 0.05) is 6.54 Å². The Morgan fingerprint density at radius 2 is 2.11 bits per heavy atom. The molecule has 1 saturated heterocycles. The molecule has 19 heavy (non-hydrogen) atoms. The summed E-state index contributed by atoms with van der Waals surface area (Å²) in [5.74, 6) is 0.260. The van der Waals surface area contributed by atoms with E-state index in [9.17, 15) is 9.59 Å². The molecule has 0 bridgehead atoms. The highest BCUT2D eigenvalue weighted by molar-refractivity contribution is 6.07. The van der Waals surface area contributed by atoms with Crippen LogP contribution in [0.25, 0.3) is 0 Å². The number of carbonyl (C=O) groups excluding carboxylic acids is 2. The second-order valence-electron chi connectivity index (χ2n) is 6.73. The minimum Gasteiger partial charge on any atom is -0.323 e. The number of rotatable bonds is 2. The van der Waals surface area contributed by atoms with Crippen LogP contribution in [0.15, 0.2) is 0 Å². The fourth-order valence-electron chi connectivity index (χ4n) is 3.87. The van der Waals surface area contributed by atoms with Crippen LogP contribution in [-0.4, -0.2) is 28.9 Å². The van der Waals surface area contributed by atoms with Crippen molar-refractivity contribution in [2.24, 2.45) is 11.3 Å². The van der Waals surface area contributed by atoms with Crippen molar-refractivity contribution in [3.05, 3.63) is 0 Å². The molecule has 0 radical (unpaired) electrons. The molecule has 2 atom stereocenters. The zero-order valence-corrected chi connectivity index (χ0v) is 11.8. The Hall–Kier alpha value is -1.57. The maximum atomic E-state index is 12.6. The first-order valence-electron chi connectivity index (χ1n) is 6.81. The number of nitrogens with one attached hydrogen (secondary N) is 1. The molecule has 1 aliphatic heterocycles. The lowest BCUT2D eigenvalue weighted by Crippen LogP contribution is -2.54. The van der Waals surface area contributed by atoms with Crippen LogP contribution in [0.4, 0.5) is 4.79 Å². The van der Waals surface area contributed by atoms with E-state index in [1.165, 1.54) is 4.90 Å². The number of imide groups is 1. The third kappa shape index (κ3) is 2.44. The molecule has 0 unspecified atom stereocenters. The predicted octanol–water partition coefficient (Wildman–Crippen LogP) is 2.04. The molecule has 1 N–H and O–H groups in total. The first kappa shape index (κ1) is 13.9. The molecule has 2 aliphatic rings. The lowest BCUT2D eigenvalue weighted by atomic mass is 9.64. The van der Waals surface area contributed by atoms with Gasteiger partial charge in [-0.3, -0.25) is 9.69 Å². The summed E-state index contributed by atoms with van der Waals surface area (Å²) >= 11 is 0. The van der Waals surface area contributed by atoms with Crippen molar-refractivity contribution in [3.63, 3.8) is 0 Å². The van der Waals surface area contributed by atoms with E-state index >= 15 is 0 Å². The highest BCUT2D eigenvalue weighted by atomic mass is 16.2. The highest BCUT2D eigenvalue weighted by Crippen LogP contribution is 2.46. The molecule has 5 heteroatoms. The zero-order chi connectivity index (χ0) is 14.3. The van der Waals surface area contributed by atoms with E-state index in [0.717, 1.165) is 6.42 Å². The maximum absolute atomic E-state index is 12.6. The van der Waals surface area contributed by atoms with Gasteiger partial charge in [0.1, 0.15) is 5.54 Å². The molecule has 104 valence electrons. The summed E-state index contributed by atoms with van der Waals surface area (Å²) in [6.45, 7) is 6.60. The molecule has 0 aromatic rings. The SMILES string of the molecule is C[C@H]1CC(C)(C)C[C@@]2(C1)NC(=O)N(CCC#N)C2=O. The Morgan fingerprint density at radius 1 is 1.42 bits per heavy atom. The molecule has 2 fully saturated rings. The highest BCUT2D eigenvalue weighted by Gasteiger charge is 2.55. The molecule has 3 amide bonds. The average Bonchev–Trinajstić information content (AvgIpc) is 2.45. The van der Waals surface area contributed by atoms with Crippen molar-refractivity contribution in [2.45, 2.75) is 52.0 Å². The summed E-state index contributed by atoms with van der Waals surface area (Å²) in [6.07, 6.45) is 2.63. The van der Waals surface area contributed by atoms with Crippen LogP contribution in [0.2, 0.25) is 0 Å². The van der Waals surface area contributed by atoms with Gasteiger partial charge in [0.05, 0.1) is 12.5 Å². The van der Waals surface area contributed by atoms with E-state index in [1.54, 1.807) is 0 Å². The number of urea groups is 1. The van der Waals surface area contributed by atoms with Crippen LogP contribution in [0.1, 0.15) is 46.5 Å². The monoisotopic (exact) mass is 263 g/mol. The number of hydrogen-bond acceptors (Lipinski definition) is 3. The van der Waals surface area contributed by atoms with Crippen molar-refractivity contribution in [1.29, 1.82) is 5.26 Å². The first-order chi connectivity index (χ1) is 8.80. The van der Waals surface area contributed by atoms with Gasteiger partial charge < -0.3 is 5.32 Å². The van der Waals surface area contributed by atoms with E-state index in [0.29, 0.717) is 18.8 Å². The van der Waals surface area contributed by atoms with E-state index in [2.05, 4.69) is 26.1 Å². The standard InChI is InChI=1S/C14H21N3O2/c1-10-7-13(2,3)9-14(8-10)11(18)17(6-4-5-15)12(19)16-14/h10H,4,6-9H2,1-3H3,(H,16,19)/t10-,14+/m0/s1. The predicted molar refractivity (Wildman–Crippen MR) is 70.0 cm³/mol. The van der Waals surface area contributed by atoms with Crippen molar-refractivity contribution in [3.8, 4) is 6.07 Å². The minimum atomic E-state index is -0.742. The second kappa shape index (κ2) is 4.52. The van der Waals surface area contributed by atoms with Crippen LogP contribution in [-0.2, 0) is 4.79 Å². The first-order valence-corrected chi connectivity index (χ1v) is 6.81. The number of carbonyl (C=O) groups is 2. The summed E-state index contributed by atoms with van der Waals surface area (Å²) in [7, 11) is 0. The van der Waals surface area contributed by atoms with Gasteiger partial charge in [-0.25, -0.2) is 4.79 Å². The number of nitriles is 1. The van der Waals surface area contributed by atoms with Crippen LogP contribution < -0.4 is 5.32 Å². The van der Waals surface area contributed by atoms with Crippen LogP contribution in [0.3, 0.4) is 0 Å². The fraction of sp³-hybridized carbons (Fsp3) is 0.786. The normalized spacial score (nSPS) is 33.4. The summed E-state index contributed by atoms with van der Waals surface area (Å²) in [5.41, 5.74) is -0.695.